The van der Waals surface area contributed by atoms with E-state index in [1.807, 2.05) is 0 Å². The summed E-state index contributed by atoms with van der Waals surface area (Å²) in [6.07, 6.45) is 2.61. The zero-order valence-electron chi connectivity index (χ0n) is 8.85. The van der Waals surface area contributed by atoms with E-state index < -0.39 is 0 Å². The molecule has 0 aliphatic heterocycles. The first-order valence-corrected chi connectivity index (χ1v) is 4.83. The van der Waals surface area contributed by atoms with E-state index in [-0.39, 0.29) is 0 Å². The smallest absolute Gasteiger partial charge is 0.0808 e. The first kappa shape index (κ1) is 11.0. The van der Waals surface area contributed by atoms with Crippen molar-refractivity contribution in [2.75, 3.05) is 27.2 Å². The average molecular weight is 158 g/mol. The molecule has 0 aliphatic carbocycles. The average Bonchev–Trinajstić information content (AvgIpc) is 1.86. The third-order valence-corrected chi connectivity index (χ3v) is 2.33. The predicted molar refractivity (Wildman–Crippen MR) is 51.6 cm³/mol. The van der Waals surface area contributed by atoms with Gasteiger partial charge < -0.3 is 4.48 Å². The minimum absolute atomic E-state index is 0.872. The van der Waals surface area contributed by atoms with Crippen molar-refractivity contribution in [3.63, 3.8) is 0 Å². The van der Waals surface area contributed by atoms with Gasteiger partial charge in [0.2, 0.25) is 0 Å². The molecule has 0 bridgehead atoms. The molecule has 0 heterocycles. The first-order chi connectivity index (χ1) is 5.02. The molecule has 0 fully saturated rings. The summed E-state index contributed by atoms with van der Waals surface area (Å²) < 4.78 is 1.19. The molecule has 1 unspecified atom stereocenters. The number of rotatable bonds is 5. The molecule has 0 aromatic rings. The van der Waals surface area contributed by atoms with Crippen LogP contribution in [0.3, 0.4) is 0 Å². The van der Waals surface area contributed by atoms with Gasteiger partial charge in [-0.25, -0.2) is 0 Å². The second kappa shape index (κ2) is 4.76. The summed E-state index contributed by atoms with van der Waals surface area (Å²) in [6, 6.07) is 0. The van der Waals surface area contributed by atoms with Gasteiger partial charge in [0.1, 0.15) is 0 Å². The van der Waals surface area contributed by atoms with E-state index in [1.165, 1.54) is 30.4 Å². The normalized spacial score (nSPS) is 15.0. The fourth-order valence-corrected chi connectivity index (χ4v) is 1.67. The van der Waals surface area contributed by atoms with Gasteiger partial charge in [-0.05, 0) is 12.8 Å². The molecule has 68 valence electrons. The second-order valence-electron chi connectivity index (χ2n) is 4.36. The molecule has 0 aromatic carbocycles. The van der Waals surface area contributed by atoms with Crippen LogP contribution >= 0.6 is 0 Å². The Bertz CT molecular complexity index is 97.0. The van der Waals surface area contributed by atoms with Gasteiger partial charge in [0, 0.05) is 5.92 Å². The van der Waals surface area contributed by atoms with Gasteiger partial charge in [0.15, 0.2) is 0 Å². The van der Waals surface area contributed by atoms with Crippen LogP contribution in [0.2, 0.25) is 0 Å². The molecule has 0 rings (SSSR count). The second-order valence-corrected chi connectivity index (χ2v) is 4.36. The first-order valence-electron chi connectivity index (χ1n) is 4.83. The molecule has 0 saturated heterocycles. The summed E-state index contributed by atoms with van der Waals surface area (Å²) in [5.41, 5.74) is 0. The lowest BCUT2D eigenvalue weighted by molar-refractivity contribution is -0.893. The molecule has 0 saturated carbocycles. The third-order valence-electron chi connectivity index (χ3n) is 2.33. The Balaban J connectivity index is 3.70. The van der Waals surface area contributed by atoms with Crippen LogP contribution in [-0.2, 0) is 0 Å². The molecule has 1 atom stereocenters. The summed E-state index contributed by atoms with van der Waals surface area (Å²) in [5, 5.41) is 0. The van der Waals surface area contributed by atoms with Gasteiger partial charge in [-0.15, -0.1) is 0 Å². The number of nitrogens with zero attached hydrogens (tertiary/aromatic N) is 1. The molecule has 0 aliphatic rings. The zero-order chi connectivity index (χ0) is 8.91. The number of hydrogen-bond acceptors (Lipinski definition) is 0. The maximum Gasteiger partial charge on any atom is 0.0808 e. The highest BCUT2D eigenvalue weighted by Gasteiger charge is 2.16. The minimum atomic E-state index is 0.872. The van der Waals surface area contributed by atoms with Gasteiger partial charge in [-0.2, -0.15) is 0 Å². The fraction of sp³-hybridized carbons (Fsp3) is 1.00. The lowest BCUT2D eigenvalue weighted by Crippen LogP contribution is -2.43. The van der Waals surface area contributed by atoms with E-state index in [0.29, 0.717) is 0 Å². The maximum atomic E-state index is 2.34. The summed E-state index contributed by atoms with van der Waals surface area (Å²) >= 11 is 0. The molecule has 1 nitrogen and oxygen atoms in total. The lowest BCUT2D eigenvalue weighted by Gasteiger charge is -2.31. The summed E-state index contributed by atoms with van der Waals surface area (Å²) in [5.74, 6) is 0.872. The molecule has 11 heavy (non-hydrogen) atoms. The highest BCUT2D eigenvalue weighted by molar-refractivity contribution is 4.46. The van der Waals surface area contributed by atoms with Gasteiger partial charge >= 0.3 is 0 Å². The molecular formula is C10H24N+. The molecule has 0 spiro atoms. The molecule has 0 N–H and O–H groups in total. The van der Waals surface area contributed by atoms with E-state index in [4.69, 9.17) is 0 Å². The van der Waals surface area contributed by atoms with Crippen LogP contribution in [-0.4, -0.2) is 31.7 Å². The van der Waals surface area contributed by atoms with Crippen molar-refractivity contribution in [2.24, 2.45) is 5.92 Å². The third kappa shape index (κ3) is 5.25. The Hall–Kier alpha value is -0.0400. The minimum Gasteiger partial charge on any atom is -0.328 e. The van der Waals surface area contributed by atoms with Crippen LogP contribution in [0.5, 0.6) is 0 Å². The standard InChI is InChI=1S/C10H24N/c1-6-8-11(4,5)9-10(3)7-2/h10H,6-9H2,1-5H3/q+1. The molecular weight excluding hydrogens is 134 g/mol. The Labute approximate surface area is 72.0 Å². The number of hydrogen-bond donors (Lipinski definition) is 0. The quantitative estimate of drug-likeness (QED) is 0.539. The Morgan fingerprint density at radius 2 is 1.73 bits per heavy atom. The van der Waals surface area contributed by atoms with Crippen molar-refractivity contribution in [1.82, 2.24) is 0 Å². The van der Waals surface area contributed by atoms with E-state index in [2.05, 4.69) is 34.9 Å². The van der Waals surface area contributed by atoms with E-state index in [9.17, 15) is 0 Å². The van der Waals surface area contributed by atoms with Crippen molar-refractivity contribution in [3.8, 4) is 0 Å². The molecule has 0 amide bonds. The Kier molecular flexibility index (Phi) is 4.74. The highest BCUT2D eigenvalue weighted by atomic mass is 15.3. The van der Waals surface area contributed by atoms with Crippen LogP contribution in [0.4, 0.5) is 0 Å². The molecule has 0 aromatic heterocycles. The zero-order valence-corrected chi connectivity index (χ0v) is 8.85. The summed E-state index contributed by atoms with van der Waals surface area (Å²) in [6.45, 7) is 9.51. The monoisotopic (exact) mass is 158 g/mol. The van der Waals surface area contributed by atoms with Crippen molar-refractivity contribution >= 4 is 0 Å². The van der Waals surface area contributed by atoms with Gasteiger partial charge in [-0.3, -0.25) is 0 Å². The molecule has 1 heteroatoms. The van der Waals surface area contributed by atoms with E-state index in [1.54, 1.807) is 0 Å². The van der Waals surface area contributed by atoms with Crippen molar-refractivity contribution < 1.29 is 4.48 Å². The van der Waals surface area contributed by atoms with Crippen molar-refractivity contribution in [2.45, 2.75) is 33.6 Å². The Morgan fingerprint density at radius 1 is 1.18 bits per heavy atom. The van der Waals surface area contributed by atoms with E-state index >= 15 is 0 Å². The van der Waals surface area contributed by atoms with Crippen molar-refractivity contribution in [1.29, 1.82) is 0 Å². The van der Waals surface area contributed by atoms with Crippen molar-refractivity contribution in [3.05, 3.63) is 0 Å². The molecule has 0 radical (unpaired) electrons. The van der Waals surface area contributed by atoms with Crippen LogP contribution in [0.1, 0.15) is 33.6 Å². The van der Waals surface area contributed by atoms with Crippen LogP contribution in [0.25, 0.3) is 0 Å². The van der Waals surface area contributed by atoms with Gasteiger partial charge in [0.05, 0.1) is 27.2 Å². The SMILES string of the molecule is CCC[N+](C)(C)CC(C)CC. The van der Waals surface area contributed by atoms with E-state index in [0.717, 1.165) is 5.92 Å². The fourth-order valence-electron chi connectivity index (χ4n) is 1.67. The largest absolute Gasteiger partial charge is 0.328 e. The Morgan fingerprint density at radius 3 is 2.09 bits per heavy atom. The maximum absolute atomic E-state index is 2.34. The number of quaternary nitrogens is 1. The summed E-state index contributed by atoms with van der Waals surface area (Å²) in [7, 11) is 4.66. The predicted octanol–water partition coefficient (Wildman–Crippen LogP) is 2.52. The van der Waals surface area contributed by atoms with Crippen LogP contribution in [0.15, 0.2) is 0 Å². The van der Waals surface area contributed by atoms with Gasteiger partial charge in [-0.1, -0.05) is 20.8 Å². The summed E-state index contributed by atoms with van der Waals surface area (Å²) in [4.78, 5) is 0. The topological polar surface area (TPSA) is 0 Å². The van der Waals surface area contributed by atoms with Gasteiger partial charge in [0.25, 0.3) is 0 Å². The highest BCUT2D eigenvalue weighted by Crippen LogP contribution is 2.08. The lowest BCUT2D eigenvalue weighted by atomic mass is 10.1. The van der Waals surface area contributed by atoms with Crippen LogP contribution in [0, 0.1) is 5.92 Å². The van der Waals surface area contributed by atoms with Crippen LogP contribution < -0.4 is 0 Å².